The van der Waals surface area contributed by atoms with Gasteiger partial charge in [-0.1, -0.05) is 44.2 Å². The Morgan fingerprint density at radius 1 is 1.00 bits per heavy atom. The van der Waals surface area contributed by atoms with E-state index in [1.165, 1.54) is 11.3 Å². The minimum Gasteiger partial charge on any atom is -0.348 e. The van der Waals surface area contributed by atoms with Gasteiger partial charge < -0.3 is 9.47 Å². The molecule has 1 fully saturated rings. The molecule has 0 N–H and O–H groups in total. The van der Waals surface area contributed by atoms with Gasteiger partial charge in [-0.25, -0.2) is 0 Å². The number of hydrogen-bond acceptors (Lipinski definition) is 3. The first-order chi connectivity index (χ1) is 13.4. The molecule has 0 amide bonds. The van der Waals surface area contributed by atoms with E-state index in [1.54, 1.807) is 0 Å². The van der Waals surface area contributed by atoms with Crippen LogP contribution in [-0.4, -0.2) is 59.4 Å². The number of benzene rings is 1. The monoisotopic (exact) mass is 381 g/mol. The van der Waals surface area contributed by atoms with Gasteiger partial charge in [-0.15, -0.1) is 0 Å². The van der Waals surface area contributed by atoms with Crippen molar-refractivity contribution in [3.8, 4) is 0 Å². The molecule has 2 aromatic rings. The van der Waals surface area contributed by atoms with E-state index in [0.717, 1.165) is 56.9 Å². The van der Waals surface area contributed by atoms with Crippen molar-refractivity contribution in [1.29, 1.82) is 0 Å². The molecule has 0 atom stereocenters. The van der Waals surface area contributed by atoms with Crippen molar-refractivity contribution in [2.24, 2.45) is 5.92 Å². The third-order valence-corrected chi connectivity index (χ3v) is 5.80. The van der Waals surface area contributed by atoms with Gasteiger partial charge in [0.1, 0.15) is 0 Å². The number of carbonyl (C=O) groups excluding carboxylic acids is 1. The number of ketones is 1. The molecule has 3 rings (SSSR count). The van der Waals surface area contributed by atoms with Crippen molar-refractivity contribution in [1.82, 2.24) is 14.4 Å². The lowest BCUT2D eigenvalue weighted by molar-refractivity contribution is 0.0837. The van der Waals surface area contributed by atoms with Gasteiger partial charge in [-0.3, -0.25) is 9.69 Å². The van der Waals surface area contributed by atoms with Crippen molar-refractivity contribution in [3.63, 3.8) is 0 Å². The maximum absolute atomic E-state index is 13.0. The highest BCUT2D eigenvalue weighted by atomic mass is 16.1. The minimum atomic E-state index is 0.261. The predicted molar refractivity (Wildman–Crippen MR) is 116 cm³/mol. The van der Waals surface area contributed by atoms with Gasteiger partial charge in [0, 0.05) is 56.2 Å². The fourth-order valence-corrected chi connectivity index (χ4v) is 4.25. The largest absolute Gasteiger partial charge is 0.348 e. The van der Waals surface area contributed by atoms with Crippen LogP contribution < -0.4 is 0 Å². The molecule has 1 aromatic heterocycles. The number of nitrogens with zero attached hydrogens (tertiary/aromatic N) is 3. The molecular formula is C24H35N3O. The lowest BCUT2D eigenvalue weighted by atomic mass is 10.1. The van der Waals surface area contributed by atoms with Crippen LogP contribution in [-0.2, 0) is 13.0 Å². The van der Waals surface area contributed by atoms with Crippen LogP contribution in [0.2, 0.25) is 0 Å². The zero-order chi connectivity index (χ0) is 20.1. The third-order valence-electron chi connectivity index (χ3n) is 5.80. The second kappa shape index (κ2) is 9.53. The van der Waals surface area contributed by atoms with Crippen LogP contribution in [0.15, 0.2) is 36.4 Å². The van der Waals surface area contributed by atoms with Crippen LogP contribution in [0.25, 0.3) is 0 Å². The van der Waals surface area contributed by atoms with Gasteiger partial charge in [-0.2, -0.15) is 0 Å². The van der Waals surface area contributed by atoms with Gasteiger partial charge in [0.15, 0.2) is 5.78 Å². The van der Waals surface area contributed by atoms with Crippen molar-refractivity contribution < 1.29 is 4.79 Å². The Morgan fingerprint density at radius 2 is 1.64 bits per heavy atom. The summed E-state index contributed by atoms with van der Waals surface area (Å²) in [6.45, 7) is 15.5. The molecule has 152 valence electrons. The molecule has 1 aliphatic heterocycles. The Kier molecular flexibility index (Phi) is 7.08. The van der Waals surface area contributed by atoms with Crippen LogP contribution in [0.3, 0.4) is 0 Å². The van der Waals surface area contributed by atoms with Crippen molar-refractivity contribution in [2.75, 3.05) is 39.3 Å². The van der Waals surface area contributed by atoms with Crippen LogP contribution >= 0.6 is 0 Å². The fraction of sp³-hybridized carbons (Fsp3) is 0.542. The molecule has 4 heteroatoms. The number of piperazine rings is 1. The maximum atomic E-state index is 13.0. The van der Waals surface area contributed by atoms with E-state index in [2.05, 4.69) is 78.5 Å². The number of carbonyl (C=O) groups is 1. The smallest absolute Gasteiger partial charge is 0.178 e. The number of Topliss-reactive ketones (excluding diaryl/α,β-unsaturated/α-hetero) is 1. The summed E-state index contributed by atoms with van der Waals surface area (Å²) in [5, 5.41) is 0. The lowest BCUT2D eigenvalue weighted by Crippen LogP contribution is -2.48. The van der Waals surface area contributed by atoms with Crippen molar-refractivity contribution in [2.45, 2.75) is 40.7 Å². The minimum absolute atomic E-state index is 0.261. The molecule has 1 saturated heterocycles. The van der Waals surface area contributed by atoms with Gasteiger partial charge in [0.25, 0.3) is 0 Å². The van der Waals surface area contributed by atoms with E-state index in [0.29, 0.717) is 12.5 Å². The molecule has 0 spiro atoms. The van der Waals surface area contributed by atoms with Gasteiger partial charge in [0.05, 0.1) is 6.54 Å². The zero-order valence-corrected chi connectivity index (χ0v) is 17.9. The van der Waals surface area contributed by atoms with Crippen molar-refractivity contribution >= 4 is 5.78 Å². The van der Waals surface area contributed by atoms with Gasteiger partial charge in [0.2, 0.25) is 0 Å². The highest BCUT2D eigenvalue weighted by molar-refractivity contribution is 5.99. The second-order valence-electron chi connectivity index (χ2n) is 8.57. The van der Waals surface area contributed by atoms with E-state index in [1.807, 2.05) is 0 Å². The van der Waals surface area contributed by atoms with E-state index in [9.17, 15) is 4.79 Å². The lowest BCUT2D eigenvalue weighted by Gasteiger charge is -2.35. The Balaban J connectivity index is 1.57. The molecular weight excluding hydrogens is 346 g/mol. The van der Waals surface area contributed by atoms with E-state index >= 15 is 0 Å². The quantitative estimate of drug-likeness (QED) is 0.651. The van der Waals surface area contributed by atoms with Crippen molar-refractivity contribution in [3.05, 3.63) is 58.9 Å². The van der Waals surface area contributed by atoms with Crippen LogP contribution in [0, 0.1) is 19.8 Å². The number of hydrogen-bond donors (Lipinski definition) is 0. The molecule has 0 unspecified atom stereocenters. The molecule has 0 bridgehead atoms. The summed E-state index contributed by atoms with van der Waals surface area (Å²) in [4.78, 5) is 17.8. The Hall–Kier alpha value is -1.91. The summed E-state index contributed by atoms with van der Waals surface area (Å²) in [6, 6.07) is 12.6. The summed E-state index contributed by atoms with van der Waals surface area (Å²) in [6.07, 6.45) is 0.989. The number of aromatic nitrogens is 1. The maximum Gasteiger partial charge on any atom is 0.178 e. The van der Waals surface area contributed by atoms with E-state index < -0.39 is 0 Å². The van der Waals surface area contributed by atoms with Crippen LogP contribution in [0.5, 0.6) is 0 Å². The van der Waals surface area contributed by atoms with Gasteiger partial charge in [-0.05, 0) is 37.8 Å². The van der Waals surface area contributed by atoms with E-state index in [4.69, 9.17) is 0 Å². The number of aryl methyl sites for hydroxylation is 2. The Bertz CT molecular complexity index is 771. The van der Waals surface area contributed by atoms with Crippen LogP contribution in [0.1, 0.15) is 41.2 Å². The highest BCUT2D eigenvalue weighted by Gasteiger charge is 2.22. The first kappa shape index (κ1) is 20.8. The molecule has 0 aliphatic carbocycles. The normalized spacial score (nSPS) is 16.0. The summed E-state index contributed by atoms with van der Waals surface area (Å²) in [7, 11) is 0. The molecule has 0 radical (unpaired) electrons. The number of rotatable bonds is 8. The standard InChI is InChI=1S/C24H35N3O/c1-19(2)17-25-12-14-26(15-13-25)18-24(28)23-16-20(3)27(21(23)4)11-10-22-8-6-5-7-9-22/h5-9,16,19H,10-15,17-18H2,1-4H3. The highest BCUT2D eigenvalue weighted by Crippen LogP contribution is 2.18. The summed E-state index contributed by atoms with van der Waals surface area (Å²) >= 11 is 0. The molecule has 1 aliphatic rings. The van der Waals surface area contributed by atoms with E-state index in [-0.39, 0.29) is 5.78 Å². The first-order valence-corrected chi connectivity index (χ1v) is 10.6. The third kappa shape index (κ3) is 5.33. The molecule has 2 heterocycles. The average molecular weight is 382 g/mol. The Morgan fingerprint density at radius 3 is 2.29 bits per heavy atom. The summed E-state index contributed by atoms with van der Waals surface area (Å²) in [5.74, 6) is 0.964. The molecule has 4 nitrogen and oxygen atoms in total. The summed E-state index contributed by atoms with van der Waals surface area (Å²) < 4.78 is 2.29. The average Bonchev–Trinajstić information content (AvgIpc) is 2.96. The van der Waals surface area contributed by atoms with Gasteiger partial charge >= 0.3 is 0 Å². The molecule has 1 aromatic carbocycles. The SMILES string of the molecule is Cc1cc(C(=O)CN2CCN(CC(C)C)CC2)c(C)n1CCc1ccccc1. The zero-order valence-electron chi connectivity index (χ0n) is 17.9. The molecule has 0 saturated carbocycles. The molecule has 28 heavy (non-hydrogen) atoms. The Labute approximate surface area is 170 Å². The predicted octanol–water partition coefficient (Wildman–Crippen LogP) is 3.80. The first-order valence-electron chi connectivity index (χ1n) is 10.6. The summed E-state index contributed by atoms with van der Waals surface area (Å²) in [5.41, 5.74) is 4.52. The fourth-order valence-electron chi connectivity index (χ4n) is 4.25. The van der Waals surface area contributed by atoms with Crippen LogP contribution in [0.4, 0.5) is 0 Å². The second-order valence-corrected chi connectivity index (χ2v) is 8.57. The topological polar surface area (TPSA) is 28.5 Å².